The number of hydrogen-bond donors (Lipinski definition) is 0. The molecule has 1 aromatic heterocycles. The van der Waals surface area contributed by atoms with Crippen molar-refractivity contribution in [3.8, 4) is 0 Å². The molecule has 0 amide bonds. The Kier molecular flexibility index (Phi) is 3.25. The molecule has 3 aromatic rings. The van der Waals surface area contributed by atoms with E-state index in [-0.39, 0.29) is 11.6 Å². The molecule has 2 aromatic carbocycles. The normalized spacial score (nSPS) is 10.9. The molecule has 0 saturated carbocycles. The second-order valence-electron chi connectivity index (χ2n) is 4.20. The monoisotopic (exact) mass is 270 g/mol. The number of benzene rings is 2. The topological polar surface area (TPSA) is 30.7 Å². The summed E-state index contributed by atoms with van der Waals surface area (Å²) in [6.45, 7) is 0. The van der Waals surface area contributed by atoms with Gasteiger partial charge >= 0.3 is 0 Å². The second-order valence-corrected chi connectivity index (χ2v) is 4.20. The molecule has 0 fully saturated rings. The van der Waals surface area contributed by atoms with E-state index < -0.39 is 0 Å². The summed E-state index contributed by atoms with van der Waals surface area (Å²) in [5, 5.41) is 4.10. The van der Waals surface area contributed by atoms with Crippen molar-refractivity contribution >= 4 is 0 Å². The quantitative estimate of drug-likeness (QED) is 0.732. The molecule has 99 valence electrons. The lowest BCUT2D eigenvalue weighted by molar-refractivity contribution is 0.625. The van der Waals surface area contributed by atoms with Gasteiger partial charge in [0.2, 0.25) is 0 Å². The Morgan fingerprint density at radius 2 is 1.30 bits per heavy atom. The van der Waals surface area contributed by atoms with Gasteiger partial charge in [-0.05, 0) is 35.4 Å². The molecule has 0 bridgehead atoms. The van der Waals surface area contributed by atoms with Gasteiger partial charge in [-0.15, -0.1) is 0 Å². The van der Waals surface area contributed by atoms with Crippen molar-refractivity contribution in [2.75, 3.05) is 0 Å². The van der Waals surface area contributed by atoms with Gasteiger partial charge in [-0.1, -0.05) is 24.3 Å². The number of aromatic nitrogens is 3. The number of halogens is 2. The van der Waals surface area contributed by atoms with Gasteiger partial charge in [0.1, 0.15) is 30.3 Å². The molecule has 3 rings (SSSR count). The van der Waals surface area contributed by atoms with Gasteiger partial charge in [-0.2, -0.15) is 5.10 Å². The van der Waals surface area contributed by atoms with Crippen LogP contribution in [0.1, 0.15) is 11.1 Å². The first-order valence-electron chi connectivity index (χ1n) is 5.98. The van der Waals surface area contributed by atoms with Crippen molar-refractivity contribution in [3.05, 3.63) is 90.0 Å². The molecular formula is C15H10F2N3. The Bertz CT molecular complexity index is 631. The number of hydrogen-bond acceptors (Lipinski definition) is 2. The highest BCUT2D eigenvalue weighted by atomic mass is 19.1. The van der Waals surface area contributed by atoms with E-state index in [1.807, 2.05) is 0 Å². The summed E-state index contributed by atoms with van der Waals surface area (Å²) in [4.78, 5) is 3.91. The Morgan fingerprint density at radius 1 is 0.800 bits per heavy atom. The number of nitrogens with zero attached hydrogens (tertiary/aromatic N) is 3. The predicted molar refractivity (Wildman–Crippen MR) is 69.7 cm³/mol. The average molecular weight is 270 g/mol. The van der Waals surface area contributed by atoms with Crippen LogP contribution < -0.4 is 0 Å². The van der Waals surface area contributed by atoms with Gasteiger partial charge in [0.15, 0.2) is 0 Å². The van der Waals surface area contributed by atoms with Gasteiger partial charge in [-0.25, -0.2) is 18.4 Å². The summed E-state index contributed by atoms with van der Waals surface area (Å²) in [5.74, 6) is -0.628. The Labute approximate surface area is 114 Å². The third-order valence-corrected chi connectivity index (χ3v) is 2.88. The standard InChI is InChI=1S/C15H10F2N3/c16-13-5-1-11(2-6-13)15(20-10-18-9-19-20)12-3-7-14(17)8-4-12/h1-10H. The Hall–Kier alpha value is -2.56. The first-order valence-corrected chi connectivity index (χ1v) is 5.98. The van der Waals surface area contributed by atoms with Crippen molar-refractivity contribution in [1.82, 2.24) is 14.8 Å². The van der Waals surface area contributed by atoms with Crippen molar-refractivity contribution in [3.63, 3.8) is 0 Å². The fraction of sp³-hybridized carbons (Fsp3) is 0. The molecule has 1 radical (unpaired) electrons. The highest BCUT2D eigenvalue weighted by Crippen LogP contribution is 2.25. The molecule has 1 heterocycles. The van der Waals surface area contributed by atoms with Gasteiger partial charge in [0.25, 0.3) is 0 Å². The van der Waals surface area contributed by atoms with Crippen LogP contribution in [-0.2, 0) is 0 Å². The minimum Gasteiger partial charge on any atom is -0.235 e. The smallest absolute Gasteiger partial charge is 0.148 e. The fourth-order valence-corrected chi connectivity index (χ4v) is 1.97. The van der Waals surface area contributed by atoms with E-state index in [1.165, 1.54) is 30.6 Å². The molecular weight excluding hydrogens is 260 g/mol. The summed E-state index contributed by atoms with van der Waals surface area (Å²) in [5.41, 5.74) is 1.53. The van der Waals surface area contributed by atoms with Gasteiger partial charge in [0, 0.05) is 0 Å². The molecule has 0 aliphatic heterocycles. The number of rotatable bonds is 3. The summed E-state index contributed by atoms with van der Waals surface area (Å²) in [6, 6.07) is 12.8. The van der Waals surface area contributed by atoms with E-state index in [9.17, 15) is 8.78 Å². The molecule has 0 aliphatic carbocycles. The minimum atomic E-state index is -0.314. The van der Waals surface area contributed by atoms with Gasteiger partial charge in [-0.3, -0.25) is 0 Å². The molecule has 5 heteroatoms. The van der Waals surface area contributed by atoms with E-state index >= 15 is 0 Å². The highest BCUT2D eigenvalue weighted by molar-refractivity contribution is 5.45. The van der Waals surface area contributed by atoms with Gasteiger partial charge in [0.05, 0.1) is 0 Å². The SMILES string of the molecule is Fc1ccc([C](c2ccc(F)cc2)n2cncn2)cc1. The average Bonchev–Trinajstić information content (AvgIpc) is 2.97. The molecule has 0 unspecified atom stereocenters. The summed E-state index contributed by atoms with van der Waals surface area (Å²) in [7, 11) is 0. The van der Waals surface area contributed by atoms with Crippen LogP contribution in [0.5, 0.6) is 0 Å². The van der Waals surface area contributed by atoms with Crippen LogP contribution in [0.2, 0.25) is 0 Å². The van der Waals surface area contributed by atoms with Crippen LogP contribution in [0.3, 0.4) is 0 Å². The highest BCUT2D eigenvalue weighted by Gasteiger charge is 2.18. The first-order chi connectivity index (χ1) is 9.74. The van der Waals surface area contributed by atoms with Crippen molar-refractivity contribution in [2.24, 2.45) is 0 Å². The van der Waals surface area contributed by atoms with E-state index in [0.29, 0.717) is 6.04 Å². The largest absolute Gasteiger partial charge is 0.235 e. The van der Waals surface area contributed by atoms with Crippen LogP contribution >= 0.6 is 0 Å². The van der Waals surface area contributed by atoms with E-state index in [0.717, 1.165) is 11.1 Å². The Balaban J connectivity index is 2.09. The van der Waals surface area contributed by atoms with Crippen LogP contribution in [0, 0.1) is 17.7 Å². The van der Waals surface area contributed by atoms with Gasteiger partial charge < -0.3 is 0 Å². The molecule has 0 atom stereocenters. The summed E-state index contributed by atoms with van der Waals surface area (Å²) in [6.07, 6.45) is 2.95. The molecule has 3 nitrogen and oxygen atoms in total. The zero-order valence-corrected chi connectivity index (χ0v) is 10.4. The zero-order chi connectivity index (χ0) is 13.9. The van der Waals surface area contributed by atoms with E-state index in [1.54, 1.807) is 35.3 Å². The predicted octanol–water partition coefficient (Wildman–Crippen LogP) is 3.03. The van der Waals surface area contributed by atoms with Crippen LogP contribution in [0.25, 0.3) is 0 Å². The fourth-order valence-electron chi connectivity index (χ4n) is 1.97. The third-order valence-electron chi connectivity index (χ3n) is 2.88. The molecule has 0 spiro atoms. The van der Waals surface area contributed by atoms with Crippen molar-refractivity contribution in [2.45, 2.75) is 0 Å². The summed E-state index contributed by atoms with van der Waals surface area (Å²) >= 11 is 0. The minimum absolute atomic E-state index is 0.314. The molecule has 0 saturated heterocycles. The Morgan fingerprint density at radius 3 is 1.70 bits per heavy atom. The third kappa shape index (κ3) is 2.42. The van der Waals surface area contributed by atoms with Crippen molar-refractivity contribution < 1.29 is 8.78 Å². The lowest BCUT2D eigenvalue weighted by Crippen LogP contribution is -2.14. The maximum atomic E-state index is 13.1. The molecule has 0 N–H and O–H groups in total. The van der Waals surface area contributed by atoms with Crippen LogP contribution in [-0.4, -0.2) is 14.8 Å². The lowest BCUT2D eigenvalue weighted by atomic mass is 9.99. The summed E-state index contributed by atoms with van der Waals surface area (Å²) < 4.78 is 27.7. The molecule has 20 heavy (non-hydrogen) atoms. The maximum Gasteiger partial charge on any atom is 0.148 e. The lowest BCUT2D eigenvalue weighted by Gasteiger charge is -2.16. The molecule has 0 aliphatic rings. The van der Waals surface area contributed by atoms with Crippen molar-refractivity contribution in [1.29, 1.82) is 0 Å². The van der Waals surface area contributed by atoms with Crippen LogP contribution in [0.4, 0.5) is 8.78 Å². The second kappa shape index (κ2) is 5.21. The zero-order valence-electron chi connectivity index (χ0n) is 10.4. The van der Waals surface area contributed by atoms with Crippen LogP contribution in [0.15, 0.2) is 61.2 Å². The first kappa shape index (κ1) is 12.5. The maximum absolute atomic E-state index is 13.1. The van der Waals surface area contributed by atoms with E-state index in [4.69, 9.17) is 0 Å². The van der Waals surface area contributed by atoms with E-state index in [2.05, 4.69) is 10.1 Å².